The zero-order chi connectivity index (χ0) is 81.9. The van der Waals surface area contributed by atoms with Crippen LogP contribution in [0.3, 0.4) is 0 Å². The third kappa shape index (κ3) is 22.6. The van der Waals surface area contributed by atoms with Gasteiger partial charge in [0.2, 0.25) is 23.6 Å². The summed E-state index contributed by atoms with van der Waals surface area (Å²) in [5.41, 5.74) is 18.0. The minimum atomic E-state index is -1.38. The number of fused-ring (bicyclic) bond motifs is 10. The van der Waals surface area contributed by atoms with Gasteiger partial charge < -0.3 is 62.5 Å². The van der Waals surface area contributed by atoms with Crippen LogP contribution in [-0.2, 0) is 51.2 Å². The van der Waals surface area contributed by atoms with E-state index in [1.807, 2.05) is 48.5 Å². The number of carbonyl (C=O) groups excluding carboxylic acids is 8. The fraction of sp³-hybridized carbons (Fsp3) is 0.310. The van der Waals surface area contributed by atoms with Crippen LogP contribution in [0, 0.1) is 23.7 Å². The molecule has 590 valence electrons. The van der Waals surface area contributed by atoms with Crippen molar-refractivity contribution in [3.63, 3.8) is 0 Å². The SMILES string of the molecule is BrBr.C[C@@H]1CC(=O)[C@@H](N(C)C(=O)[C@H](CCCCN)CC(=O)c2ccc(-c3ccc(Cl)cc3)cc2)c2cc(Br)c(O)c(c2)-c2cc(cc(Br)c2O)C[C@@H](C(=O)O)NC1=O.C[C@@H]1CC(=O)[C@@H](N(C)C(=O)[C@H](CCCCN)CC(=O)c2ccc(-c3ccc(Cl)cc3)cc2)c2ccc(O)c(c2)-c2cc(ccc2O)C[C@@H](C(=O)O)NC1=O. The number of carboxylic acids is 2. The Morgan fingerprint density at radius 1 is 0.464 bits per heavy atom. The van der Waals surface area contributed by atoms with Gasteiger partial charge in [-0.2, -0.15) is 0 Å². The molecule has 0 radical (unpaired) electrons. The summed E-state index contributed by atoms with van der Waals surface area (Å²) < 4.78 is 0.356. The van der Waals surface area contributed by atoms with E-state index in [-0.39, 0.29) is 110 Å². The number of hydrogen-bond acceptors (Lipinski definition) is 16. The van der Waals surface area contributed by atoms with Crippen molar-refractivity contribution in [1.29, 1.82) is 0 Å². The van der Waals surface area contributed by atoms with E-state index < -0.39 is 95.0 Å². The van der Waals surface area contributed by atoms with Crippen molar-refractivity contribution in [2.24, 2.45) is 35.1 Å². The van der Waals surface area contributed by atoms with Gasteiger partial charge in [-0.3, -0.25) is 38.4 Å². The summed E-state index contributed by atoms with van der Waals surface area (Å²) in [6.45, 7) is 3.78. The first kappa shape index (κ1) is 88.4. The molecule has 0 spiro atoms. The van der Waals surface area contributed by atoms with Gasteiger partial charge in [0, 0.05) is 148 Å². The average molecular weight is 1830 g/mol. The number of halogens is 6. The van der Waals surface area contributed by atoms with Crippen molar-refractivity contribution >= 4 is 142 Å². The molecule has 4 amide bonds. The first-order chi connectivity index (χ1) is 53.3. The monoisotopic (exact) mass is 1820 g/mol. The van der Waals surface area contributed by atoms with Crippen LogP contribution < -0.4 is 22.1 Å². The Hall–Kier alpha value is -9.12. The smallest absolute Gasteiger partial charge is 0.326 e. The number of benzene rings is 8. The minimum absolute atomic E-state index is 0.103. The molecular formula is C84H86Br4Cl2N6O16. The Balaban J connectivity index is 0.000000275. The Bertz CT molecular complexity index is 4790. The van der Waals surface area contributed by atoms with Crippen LogP contribution in [0.5, 0.6) is 23.0 Å². The number of carbonyl (C=O) groups is 10. The van der Waals surface area contributed by atoms with Crippen molar-refractivity contribution in [2.45, 2.75) is 115 Å². The largest absolute Gasteiger partial charge is 0.507 e. The molecular weight excluding hydrogens is 1740 g/mol. The summed E-state index contributed by atoms with van der Waals surface area (Å²) in [7, 11) is 2.92. The first-order valence-corrected chi connectivity index (χ1v) is 42.1. The van der Waals surface area contributed by atoms with Crippen LogP contribution in [0.15, 0.2) is 167 Å². The fourth-order valence-corrected chi connectivity index (χ4v) is 15.0. The highest BCUT2D eigenvalue weighted by molar-refractivity contribution is 9.93. The molecule has 2 aliphatic heterocycles. The number of rotatable bonds is 22. The van der Waals surface area contributed by atoms with Crippen LogP contribution in [0.2, 0.25) is 10.0 Å². The van der Waals surface area contributed by atoms with Gasteiger partial charge in [0.1, 0.15) is 47.2 Å². The third-order valence-electron chi connectivity index (χ3n) is 19.9. The van der Waals surface area contributed by atoms with Crippen LogP contribution in [0.1, 0.15) is 133 Å². The number of nitrogens with one attached hydrogen (secondary N) is 2. The molecule has 8 bridgehead atoms. The van der Waals surface area contributed by atoms with Crippen LogP contribution in [-0.4, -0.2) is 138 Å². The zero-order valence-corrected chi connectivity index (χ0v) is 69.5. The number of amides is 4. The maximum Gasteiger partial charge on any atom is 0.326 e. The van der Waals surface area contributed by atoms with Crippen molar-refractivity contribution in [3.05, 3.63) is 210 Å². The van der Waals surface area contributed by atoms with E-state index in [2.05, 4.69) is 70.7 Å². The normalized spacial score (nSPS) is 17.5. The Labute approximate surface area is 690 Å². The molecule has 10 rings (SSSR count). The number of Topliss-reactive ketones (excluding diaryl/α,β-unsaturated/α-hetero) is 4. The van der Waals surface area contributed by atoms with Gasteiger partial charge in [0.15, 0.2) is 23.1 Å². The average Bonchev–Trinajstić information content (AvgIpc) is 0.776. The van der Waals surface area contributed by atoms with Crippen LogP contribution in [0.4, 0.5) is 0 Å². The number of aromatic hydroxyl groups is 4. The predicted molar refractivity (Wildman–Crippen MR) is 443 cm³/mol. The Kier molecular flexibility index (Phi) is 32.4. The molecule has 8 atom stereocenters. The molecule has 0 fully saturated rings. The molecule has 0 aromatic heterocycles. The molecule has 8 aromatic rings. The molecule has 2 heterocycles. The molecule has 0 saturated carbocycles. The molecule has 12 N–H and O–H groups in total. The molecule has 2 aliphatic rings. The van der Waals surface area contributed by atoms with Gasteiger partial charge in [-0.1, -0.05) is 135 Å². The van der Waals surface area contributed by atoms with Crippen molar-refractivity contribution in [3.8, 4) is 67.5 Å². The van der Waals surface area contributed by atoms with Crippen LogP contribution in [0.25, 0.3) is 44.5 Å². The van der Waals surface area contributed by atoms with Crippen molar-refractivity contribution < 1.29 is 78.6 Å². The molecule has 0 unspecified atom stereocenters. The highest BCUT2D eigenvalue weighted by Gasteiger charge is 2.39. The summed E-state index contributed by atoms with van der Waals surface area (Å²) in [5, 5.41) is 70.4. The van der Waals surface area contributed by atoms with E-state index in [1.54, 1.807) is 48.5 Å². The summed E-state index contributed by atoms with van der Waals surface area (Å²) in [4.78, 5) is 139. The highest BCUT2D eigenvalue weighted by atomic mass is 80.9. The number of nitrogens with zero attached hydrogens (tertiary/aromatic N) is 2. The number of unbranched alkanes of at least 4 members (excludes halogenated alkanes) is 2. The van der Waals surface area contributed by atoms with Crippen molar-refractivity contribution in [1.82, 2.24) is 20.4 Å². The summed E-state index contributed by atoms with van der Waals surface area (Å²) in [6.07, 6.45) is 1.69. The van der Waals surface area contributed by atoms with Crippen molar-refractivity contribution in [2.75, 3.05) is 27.2 Å². The van der Waals surface area contributed by atoms with Crippen LogP contribution >= 0.6 is 83.3 Å². The lowest BCUT2D eigenvalue weighted by atomic mass is 9.88. The number of phenols is 4. The number of likely N-dealkylation sites (N-methyl/N-ethyl adjacent to an activating group) is 2. The van der Waals surface area contributed by atoms with E-state index in [0.29, 0.717) is 89.5 Å². The molecule has 0 saturated heterocycles. The molecule has 22 nitrogen and oxygen atoms in total. The number of aliphatic carboxylic acids is 2. The lowest BCUT2D eigenvalue weighted by molar-refractivity contribution is -0.144. The lowest BCUT2D eigenvalue weighted by Crippen LogP contribution is -2.45. The second-order valence-corrected chi connectivity index (χ2v) is 30.5. The van der Waals surface area contributed by atoms with Gasteiger partial charge >= 0.3 is 11.9 Å². The van der Waals surface area contributed by atoms with E-state index in [0.717, 1.165) is 22.3 Å². The molecule has 28 heteroatoms. The van der Waals surface area contributed by atoms with E-state index in [4.69, 9.17) is 34.7 Å². The Morgan fingerprint density at radius 2 is 0.821 bits per heavy atom. The highest BCUT2D eigenvalue weighted by Crippen LogP contribution is 2.47. The second kappa shape index (κ2) is 41.1. The fourth-order valence-electron chi connectivity index (χ4n) is 13.8. The number of nitrogens with two attached hydrogens (primary N) is 2. The predicted octanol–water partition coefficient (Wildman–Crippen LogP) is 15.9. The topological polar surface area (TPSA) is 375 Å². The standard InChI is InChI=1S/C42H42Br2ClN3O8.C42H44ClN3O8.Br2/c1-22-15-36(50)37(28-19-31(39(52)33(44)20-28)30-16-23(17-32(43)38(30)51)18-34(42(55)56)47-40(22)53)48(2)41(54)27(5-3-4-14-46)21-35(49)26-8-6-24(7-9-26)25-10-12-29(45)13-11-25;1-24-19-38(50)39(29-13-17-36(48)33(22-29)32-20-25(6-16-35(32)47)21-34(42(53)54)45-40(24)51)46(2)41(52)30(5-3-4-18-44)23-37(49)28-9-7-26(8-10-28)27-11-14-31(43)15-12-27;1-2/h6-13,16-17,19-20,22,27,34,37,51-52H,3-5,14-15,18,21,46H2,1-2H3,(H,47,53)(H,55,56);6-17,20,22,24,30,34,39,47-48H,3-5,18-19,21,23,44H2,1-2H3,(H,45,51)(H,53,54);/t22-,27-,34+,37+;24-,30-,34+,39+;/m11./s1. The second-order valence-electron chi connectivity index (χ2n) is 27.9. The maximum absolute atomic E-state index is 14.6. The number of carboxylic acid groups (broad SMARTS) is 2. The third-order valence-corrected chi connectivity index (χ3v) is 21.7. The molecule has 8 aromatic carbocycles. The molecule has 0 aliphatic carbocycles. The van der Waals surface area contributed by atoms with E-state index >= 15 is 0 Å². The summed E-state index contributed by atoms with van der Waals surface area (Å²) in [6, 6.07) is 38.2. The van der Waals surface area contributed by atoms with Gasteiger partial charge in [0.05, 0.1) is 8.95 Å². The van der Waals surface area contributed by atoms with Gasteiger partial charge in [-0.25, -0.2) is 9.59 Å². The maximum atomic E-state index is 14.6. The van der Waals surface area contributed by atoms with Gasteiger partial charge in [0.25, 0.3) is 0 Å². The number of phenolic OH excluding ortho intramolecular Hbond substituents is 4. The zero-order valence-electron chi connectivity index (χ0n) is 61.6. The van der Waals surface area contributed by atoms with E-state index in [1.165, 1.54) is 98.4 Å². The first-order valence-electron chi connectivity index (χ1n) is 36.0. The van der Waals surface area contributed by atoms with Gasteiger partial charge in [-0.05, 0) is 188 Å². The summed E-state index contributed by atoms with van der Waals surface area (Å²) in [5.74, 6) is -11.0. The van der Waals surface area contributed by atoms with E-state index in [9.17, 15) is 78.6 Å². The lowest BCUT2D eigenvalue weighted by Gasteiger charge is -2.32. The minimum Gasteiger partial charge on any atom is -0.507 e. The number of hydrogen-bond donors (Lipinski definition) is 10. The molecule has 112 heavy (non-hydrogen) atoms. The summed E-state index contributed by atoms with van der Waals surface area (Å²) >= 11 is 24.3. The Morgan fingerprint density at radius 3 is 1.24 bits per heavy atom. The quantitative estimate of drug-likeness (QED) is 0.0222. The number of ketones is 4. The van der Waals surface area contributed by atoms with Gasteiger partial charge in [-0.15, -0.1) is 0 Å².